The van der Waals surface area contributed by atoms with Crippen LogP contribution in [0.15, 0.2) is 24.3 Å². The van der Waals surface area contributed by atoms with Crippen molar-refractivity contribution in [3.8, 4) is 0 Å². The van der Waals surface area contributed by atoms with Crippen LogP contribution in [0.3, 0.4) is 0 Å². The van der Waals surface area contributed by atoms with Gasteiger partial charge < -0.3 is 15.3 Å². The minimum Gasteiger partial charge on any atom is -0.481 e. The number of carboxylic acids is 1. The van der Waals surface area contributed by atoms with E-state index in [0.717, 1.165) is 0 Å². The lowest BCUT2D eigenvalue weighted by atomic mass is 10.0. The van der Waals surface area contributed by atoms with Crippen molar-refractivity contribution >= 4 is 17.7 Å². The first-order valence-electron chi connectivity index (χ1n) is 7.23. The number of hydrogen-bond acceptors (Lipinski definition) is 2. The van der Waals surface area contributed by atoms with Crippen molar-refractivity contribution in [1.29, 1.82) is 0 Å². The van der Waals surface area contributed by atoms with Gasteiger partial charge >= 0.3 is 12.0 Å². The fraction of sp³-hybridized carbons (Fsp3) is 0.500. The Morgan fingerprint density at radius 2 is 1.76 bits per heavy atom. The third-order valence-electron chi connectivity index (χ3n) is 3.41. The summed E-state index contributed by atoms with van der Waals surface area (Å²) < 4.78 is 0. The average Bonchev–Trinajstić information content (AvgIpc) is 2.44. The van der Waals surface area contributed by atoms with E-state index in [9.17, 15) is 9.59 Å². The number of aliphatic carboxylic acids is 1. The first kappa shape index (κ1) is 17.0. The number of carbonyl (C=O) groups is 2. The monoisotopic (exact) mass is 292 g/mol. The highest BCUT2D eigenvalue weighted by atomic mass is 16.4. The molecule has 0 aliphatic heterocycles. The van der Waals surface area contributed by atoms with Crippen molar-refractivity contribution in [3.63, 3.8) is 0 Å². The van der Waals surface area contributed by atoms with Crippen LogP contribution in [-0.2, 0) is 4.79 Å². The number of hydrogen-bond donors (Lipinski definition) is 2. The number of urea groups is 1. The Balaban J connectivity index is 2.67. The minimum atomic E-state index is -0.900. The maximum atomic E-state index is 12.1. The van der Waals surface area contributed by atoms with Crippen molar-refractivity contribution in [3.05, 3.63) is 29.8 Å². The van der Waals surface area contributed by atoms with Crippen LogP contribution in [0, 0.1) is 5.92 Å². The molecule has 0 bridgehead atoms. The molecule has 1 aromatic carbocycles. The molecule has 21 heavy (non-hydrogen) atoms. The highest BCUT2D eigenvalue weighted by Crippen LogP contribution is 2.17. The van der Waals surface area contributed by atoms with Gasteiger partial charge in [0.25, 0.3) is 0 Å². The predicted octanol–water partition coefficient (Wildman–Crippen LogP) is 3.38. The van der Waals surface area contributed by atoms with Crippen molar-refractivity contribution < 1.29 is 14.7 Å². The molecule has 0 saturated carbocycles. The van der Waals surface area contributed by atoms with Crippen LogP contribution in [0.25, 0.3) is 0 Å². The van der Waals surface area contributed by atoms with Crippen LogP contribution in [0.2, 0.25) is 0 Å². The minimum absolute atomic E-state index is 0.196. The predicted molar refractivity (Wildman–Crippen MR) is 83.6 cm³/mol. The van der Waals surface area contributed by atoms with Gasteiger partial charge in [0, 0.05) is 18.8 Å². The number of amides is 2. The molecule has 1 rings (SSSR count). The Bertz CT molecular complexity index is 483. The Morgan fingerprint density at radius 3 is 2.19 bits per heavy atom. The molecular formula is C16H24N2O3. The summed E-state index contributed by atoms with van der Waals surface area (Å²) in [5.41, 5.74) is 1.92. The third kappa shape index (κ3) is 5.10. The molecule has 2 amide bonds. The molecule has 5 heteroatoms. The Kier molecular flexibility index (Phi) is 6.21. The fourth-order valence-electron chi connectivity index (χ4n) is 1.92. The molecule has 1 unspecified atom stereocenters. The summed E-state index contributed by atoms with van der Waals surface area (Å²) in [6.07, 6.45) is 0. The number of carbonyl (C=O) groups excluding carboxylic acids is 1. The first-order valence-corrected chi connectivity index (χ1v) is 7.23. The number of carboxylic acid groups (broad SMARTS) is 1. The molecule has 0 aromatic heterocycles. The van der Waals surface area contributed by atoms with Crippen LogP contribution in [0.4, 0.5) is 10.5 Å². The molecule has 1 atom stereocenters. The van der Waals surface area contributed by atoms with Crippen molar-refractivity contribution in [1.82, 2.24) is 4.90 Å². The zero-order valence-corrected chi connectivity index (χ0v) is 13.1. The summed E-state index contributed by atoms with van der Waals surface area (Å²) in [5.74, 6) is -1.04. The topological polar surface area (TPSA) is 69.6 Å². The molecule has 116 valence electrons. The highest BCUT2D eigenvalue weighted by Gasteiger charge is 2.19. The summed E-state index contributed by atoms with van der Waals surface area (Å²) in [6, 6.07) is 7.42. The SMILES string of the molecule is CCN(CC(C)C(=O)O)C(=O)Nc1ccc(C(C)C)cc1. The molecule has 0 radical (unpaired) electrons. The fourth-order valence-corrected chi connectivity index (χ4v) is 1.92. The van der Waals surface area contributed by atoms with Crippen LogP contribution in [0.5, 0.6) is 0 Å². The van der Waals surface area contributed by atoms with Crippen LogP contribution >= 0.6 is 0 Å². The molecule has 0 aliphatic rings. The maximum Gasteiger partial charge on any atom is 0.321 e. The summed E-state index contributed by atoms with van der Waals surface area (Å²) in [7, 11) is 0. The molecule has 0 saturated heterocycles. The van der Waals surface area contributed by atoms with E-state index in [0.29, 0.717) is 18.2 Å². The second-order valence-electron chi connectivity index (χ2n) is 5.48. The molecule has 5 nitrogen and oxygen atoms in total. The summed E-state index contributed by atoms with van der Waals surface area (Å²) in [4.78, 5) is 24.5. The smallest absolute Gasteiger partial charge is 0.321 e. The molecule has 0 fully saturated rings. The van der Waals surface area contributed by atoms with E-state index in [-0.39, 0.29) is 12.6 Å². The number of rotatable bonds is 6. The molecule has 0 aliphatic carbocycles. The largest absolute Gasteiger partial charge is 0.481 e. The quantitative estimate of drug-likeness (QED) is 0.844. The highest BCUT2D eigenvalue weighted by molar-refractivity contribution is 5.89. The molecule has 1 aromatic rings. The van der Waals surface area contributed by atoms with Gasteiger partial charge in [-0.15, -0.1) is 0 Å². The van der Waals surface area contributed by atoms with Crippen LogP contribution in [-0.4, -0.2) is 35.1 Å². The van der Waals surface area contributed by atoms with Gasteiger partial charge in [-0.3, -0.25) is 4.79 Å². The van der Waals surface area contributed by atoms with Gasteiger partial charge in [-0.25, -0.2) is 4.79 Å². The second-order valence-corrected chi connectivity index (χ2v) is 5.48. The Hall–Kier alpha value is -2.04. The Labute approximate surface area is 126 Å². The number of benzene rings is 1. The molecule has 2 N–H and O–H groups in total. The normalized spacial score (nSPS) is 12.0. The molecular weight excluding hydrogens is 268 g/mol. The molecule has 0 heterocycles. The number of anilines is 1. The van der Waals surface area contributed by atoms with E-state index in [4.69, 9.17) is 5.11 Å². The van der Waals surface area contributed by atoms with E-state index < -0.39 is 11.9 Å². The lowest BCUT2D eigenvalue weighted by Gasteiger charge is -2.23. The number of nitrogens with zero attached hydrogens (tertiary/aromatic N) is 1. The van der Waals surface area contributed by atoms with Gasteiger partial charge in [0.1, 0.15) is 0 Å². The molecule has 0 spiro atoms. The van der Waals surface area contributed by atoms with E-state index >= 15 is 0 Å². The van der Waals surface area contributed by atoms with E-state index in [2.05, 4.69) is 19.2 Å². The summed E-state index contributed by atoms with van der Waals surface area (Å²) in [5, 5.41) is 11.7. The van der Waals surface area contributed by atoms with Crippen molar-refractivity contribution in [2.45, 2.75) is 33.6 Å². The zero-order valence-electron chi connectivity index (χ0n) is 13.1. The van der Waals surface area contributed by atoms with Crippen molar-refractivity contribution in [2.75, 3.05) is 18.4 Å². The van der Waals surface area contributed by atoms with Gasteiger partial charge in [-0.1, -0.05) is 32.9 Å². The van der Waals surface area contributed by atoms with Gasteiger partial charge in [0.15, 0.2) is 0 Å². The van der Waals surface area contributed by atoms with E-state index in [1.165, 1.54) is 10.5 Å². The van der Waals surface area contributed by atoms with Gasteiger partial charge in [-0.2, -0.15) is 0 Å². The van der Waals surface area contributed by atoms with Crippen molar-refractivity contribution in [2.24, 2.45) is 5.92 Å². The third-order valence-corrected chi connectivity index (χ3v) is 3.41. The lowest BCUT2D eigenvalue weighted by Crippen LogP contribution is -2.39. The van der Waals surface area contributed by atoms with Gasteiger partial charge in [-0.05, 0) is 30.5 Å². The van der Waals surface area contributed by atoms with Gasteiger partial charge in [0.05, 0.1) is 5.92 Å². The second kappa shape index (κ2) is 7.67. The summed E-state index contributed by atoms with van der Waals surface area (Å²) >= 11 is 0. The Morgan fingerprint density at radius 1 is 1.19 bits per heavy atom. The van der Waals surface area contributed by atoms with Crippen LogP contribution < -0.4 is 5.32 Å². The number of nitrogens with one attached hydrogen (secondary N) is 1. The standard InChI is InChI=1S/C16H24N2O3/c1-5-18(10-12(4)15(19)20)16(21)17-14-8-6-13(7-9-14)11(2)3/h6-9,11-12H,5,10H2,1-4H3,(H,17,21)(H,19,20). The first-order chi connectivity index (χ1) is 9.85. The van der Waals surface area contributed by atoms with Crippen LogP contribution in [0.1, 0.15) is 39.2 Å². The van der Waals surface area contributed by atoms with E-state index in [1.54, 1.807) is 6.92 Å². The average molecular weight is 292 g/mol. The lowest BCUT2D eigenvalue weighted by molar-refractivity contribution is -0.141. The maximum absolute atomic E-state index is 12.1. The van der Waals surface area contributed by atoms with E-state index in [1.807, 2.05) is 31.2 Å². The zero-order chi connectivity index (χ0) is 16.0. The summed E-state index contributed by atoms with van der Waals surface area (Å²) in [6.45, 7) is 8.31. The van der Waals surface area contributed by atoms with Gasteiger partial charge in [0.2, 0.25) is 0 Å².